The molecule has 15 heavy (non-hydrogen) atoms. The fourth-order valence-electron chi connectivity index (χ4n) is 1.56. The molecule has 1 heterocycles. The van der Waals surface area contributed by atoms with E-state index in [1.807, 2.05) is 18.2 Å². The standard InChI is InChI=1S/C10H12N4S/c1-2-5-8-6-3-4-7-9(8)14-10(15)11-12-13-14/h3-4,6-7H,2,5H2,1H3,(H,11,13,15). The van der Waals surface area contributed by atoms with Crippen LogP contribution in [0.25, 0.3) is 5.69 Å². The van der Waals surface area contributed by atoms with E-state index in [4.69, 9.17) is 12.2 Å². The minimum absolute atomic E-state index is 0.457. The summed E-state index contributed by atoms with van der Waals surface area (Å²) in [7, 11) is 0. The van der Waals surface area contributed by atoms with Crippen LogP contribution >= 0.6 is 12.2 Å². The fourth-order valence-corrected chi connectivity index (χ4v) is 1.74. The van der Waals surface area contributed by atoms with Crippen molar-refractivity contribution >= 4 is 12.2 Å². The minimum atomic E-state index is 0.457. The molecule has 0 aliphatic carbocycles. The first-order chi connectivity index (χ1) is 7.33. The van der Waals surface area contributed by atoms with E-state index in [9.17, 15) is 0 Å². The molecule has 0 bridgehead atoms. The summed E-state index contributed by atoms with van der Waals surface area (Å²) in [5.41, 5.74) is 2.29. The molecule has 5 heteroatoms. The third-order valence-corrected chi connectivity index (χ3v) is 2.49. The van der Waals surface area contributed by atoms with Gasteiger partial charge in [0.05, 0.1) is 5.69 Å². The zero-order valence-corrected chi connectivity index (χ0v) is 9.29. The van der Waals surface area contributed by atoms with Crippen LogP contribution in [-0.4, -0.2) is 20.2 Å². The lowest BCUT2D eigenvalue weighted by atomic mass is 10.1. The zero-order valence-electron chi connectivity index (χ0n) is 8.47. The Hall–Kier alpha value is -1.49. The molecule has 0 radical (unpaired) electrons. The van der Waals surface area contributed by atoms with E-state index in [1.54, 1.807) is 4.68 Å². The van der Waals surface area contributed by atoms with Crippen LogP contribution in [0.1, 0.15) is 18.9 Å². The molecule has 0 unspecified atom stereocenters. The van der Waals surface area contributed by atoms with Gasteiger partial charge in [-0.3, -0.25) is 0 Å². The summed E-state index contributed by atoms with van der Waals surface area (Å²) in [6.07, 6.45) is 2.13. The summed E-state index contributed by atoms with van der Waals surface area (Å²) in [6.45, 7) is 2.15. The Balaban J connectivity index is 2.52. The second-order valence-corrected chi connectivity index (χ2v) is 3.66. The predicted octanol–water partition coefficient (Wildman–Crippen LogP) is 2.28. The van der Waals surface area contributed by atoms with Gasteiger partial charge >= 0.3 is 0 Å². The van der Waals surface area contributed by atoms with Crippen LogP contribution < -0.4 is 0 Å². The first-order valence-electron chi connectivity index (χ1n) is 4.91. The van der Waals surface area contributed by atoms with Gasteiger partial charge in [0, 0.05) is 0 Å². The second-order valence-electron chi connectivity index (χ2n) is 3.30. The number of aromatic nitrogens is 4. The lowest BCUT2D eigenvalue weighted by Crippen LogP contribution is -2.01. The van der Waals surface area contributed by atoms with E-state index in [2.05, 4.69) is 28.5 Å². The van der Waals surface area contributed by atoms with Gasteiger partial charge in [0.1, 0.15) is 0 Å². The fraction of sp³-hybridized carbons (Fsp3) is 0.300. The van der Waals surface area contributed by atoms with Crippen LogP contribution in [0.4, 0.5) is 0 Å². The van der Waals surface area contributed by atoms with Crippen LogP contribution in [0.3, 0.4) is 0 Å². The normalized spacial score (nSPS) is 10.5. The maximum absolute atomic E-state index is 5.07. The Bertz CT molecular complexity index is 500. The van der Waals surface area contributed by atoms with Gasteiger partial charge in [0.2, 0.25) is 4.77 Å². The van der Waals surface area contributed by atoms with E-state index in [0.29, 0.717) is 4.77 Å². The maximum atomic E-state index is 5.07. The van der Waals surface area contributed by atoms with Crippen molar-refractivity contribution in [1.82, 2.24) is 20.2 Å². The number of benzene rings is 1. The first kappa shape index (κ1) is 10.0. The van der Waals surface area contributed by atoms with Crippen molar-refractivity contribution in [3.8, 4) is 5.69 Å². The molecule has 0 saturated carbocycles. The highest BCUT2D eigenvalue weighted by molar-refractivity contribution is 7.71. The SMILES string of the molecule is CCCc1ccccc1-n1[nH]nnc1=S. The monoisotopic (exact) mass is 220 g/mol. The van der Waals surface area contributed by atoms with Crippen molar-refractivity contribution in [3.05, 3.63) is 34.6 Å². The van der Waals surface area contributed by atoms with Crippen molar-refractivity contribution < 1.29 is 0 Å². The minimum Gasteiger partial charge on any atom is -0.209 e. The molecule has 1 aromatic carbocycles. The molecule has 78 valence electrons. The van der Waals surface area contributed by atoms with Crippen molar-refractivity contribution in [2.75, 3.05) is 0 Å². The first-order valence-corrected chi connectivity index (χ1v) is 5.32. The van der Waals surface area contributed by atoms with Gasteiger partial charge in [-0.1, -0.05) is 41.9 Å². The number of hydrogen-bond donors (Lipinski definition) is 1. The van der Waals surface area contributed by atoms with E-state index in [1.165, 1.54) is 5.56 Å². The van der Waals surface area contributed by atoms with Crippen LogP contribution in [0, 0.1) is 4.77 Å². The number of tetrazole rings is 1. The summed E-state index contributed by atoms with van der Waals surface area (Å²) in [6, 6.07) is 8.13. The lowest BCUT2D eigenvalue weighted by molar-refractivity contribution is 0.772. The Morgan fingerprint density at radius 2 is 2.20 bits per heavy atom. The van der Waals surface area contributed by atoms with Crippen molar-refractivity contribution in [3.63, 3.8) is 0 Å². The van der Waals surface area contributed by atoms with Gasteiger partial charge in [-0.2, -0.15) is 5.21 Å². The van der Waals surface area contributed by atoms with Crippen LogP contribution in [0.15, 0.2) is 24.3 Å². The molecular formula is C10H12N4S. The maximum Gasteiger partial charge on any atom is 0.242 e. The molecule has 0 fully saturated rings. The highest BCUT2D eigenvalue weighted by Gasteiger charge is 2.04. The molecule has 1 N–H and O–H groups in total. The number of nitrogens with zero attached hydrogens (tertiary/aromatic N) is 3. The third kappa shape index (κ3) is 1.97. The largest absolute Gasteiger partial charge is 0.242 e. The summed E-state index contributed by atoms with van der Waals surface area (Å²) in [5, 5.41) is 10.2. The molecule has 2 rings (SSSR count). The highest BCUT2D eigenvalue weighted by Crippen LogP contribution is 2.14. The molecule has 0 saturated heterocycles. The van der Waals surface area contributed by atoms with Gasteiger partial charge in [-0.05, 0) is 30.3 Å². The third-order valence-electron chi connectivity index (χ3n) is 2.22. The van der Waals surface area contributed by atoms with E-state index in [0.717, 1.165) is 18.5 Å². The average molecular weight is 220 g/mol. The summed E-state index contributed by atoms with van der Waals surface area (Å²) < 4.78 is 2.18. The van der Waals surface area contributed by atoms with Gasteiger partial charge in [0.25, 0.3) is 0 Å². The molecule has 1 aromatic heterocycles. The number of rotatable bonds is 3. The topological polar surface area (TPSA) is 46.5 Å². The van der Waals surface area contributed by atoms with Crippen LogP contribution in [-0.2, 0) is 6.42 Å². The van der Waals surface area contributed by atoms with E-state index < -0.39 is 0 Å². The number of hydrogen-bond acceptors (Lipinski definition) is 3. The summed E-state index contributed by atoms with van der Waals surface area (Å²) in [5.74, 6) is 0. The van der Waals surface area contributed by atoms with Crippen LogP contribution in [0.2, 0.25) is 0 Å². The lowest BCUT2D eigenvalue weighted by Gasteiger charge is -2.07. The number of para-hydroxylation sites is 1. The number of aryl methyl sites for hydroxylation is 1. The van der Waals surface area contributed by atoms with Crippen LogP contribution in [0.5, 0.6) is 0 Å². The smallest absolute Gasteiger partial charge is 0.209 e. The summed E-state index contributed by atoms with van der Waals surface area (Å²) in [4.78, 5) is 0. The van der Waals surface area contributed by atoms with Crippen molar-refractivity contribution in [2.24, 2.45) is 0 Å². The zero-order chi connectivity index (χ0) is 10.7. The molecule has 0 spiro atoms. The quantitative estimate of drug-likeness (QED) is 0.807. The Labute approximate surface area is 92.9 Å². The number of nitrogens with one attached hydrogen (secondary N) is 1. The molecule has 4 nitrogen and oxygen atoms in total. The molecule has 2 aromatic rings. The van der Waals surface area contributed by atoms with Gasteiger partial charge < -0.3 is 0 Å². The van der Waals surface area contributed by atoms with Gasteiger partial charge in [-0.25, -0.2) is 4.68 Å². The Morgan fingerprint density at radius 1 is 1.40 bits per heavy atom. The Morgan fingerprint density at radius 3 is 2.87 bits per heavy atom. The highest BCUT2D eigenvalue weighted by atomic mass is 32.1. The van der Waals surface area contributed by atoms with Gasteiger partial charge in [-0.15, -0.1) is 0 Å². The average Bonchev–Trinajstić information content (AvgIpc) is 2.66. The van der Waals surface area contributed by atoms with E-state index in [-0.39, 0.29) is 0 Å². The summed E-state index contributed by atoms with van der Waals surface area (Å²) >= 11 is 5.07. The Kier molecular flexibility index (Phi) is 2.91. The molecule has 0 aliphatic rings. The number of aromatic amines is 1. The molecular weight excluding hydrogens is 208 g/mol. The van der Waals surface area contributed by atoms with Crippen molar-refractivity contribution in [1.29, 1.82) is 0 Å². The molecule has 0 aliphatic heterocycles. The van der Waals surface area contributed by atoms with Gasteiger partial charge in [0.15, 0.2) is 0 Å². The second kappa shape index (κ2) is 4.35. The number of H-pyrrole nitrogens is 1. The molecule has 0 atom stereocenters. The van der Waals surface area contributed by atoms with E-state index >= 15 is 0 Å². The predicted molar refractivity (Wildman–Crippen MR) is 60.5 cm³/mol. The molecule has 0 amide bonds. The van der Waals surface area contributed by atoms with Crippen molar-refractivity contribution in [2.45, 2.75) is 19.8 Å².